The standard InChI is InChI=1S/C18H26O/c1-11-8-16-15(9-14(11)13(3)19)17(4,5)10-12(2)18(16,6)7/h8-10,15-16H,1-7H3. The molecule has 0 N–H and O–H groups in total. The molecule has 0 aliphatic heterocycles. The number of rotatable bonds is 1. The van der Waals surface area contributed by atoms with E-state index in [1.165, 1.54) is 5.57 Å². The summed E-state index contributed by atoms with van der Waals surface area (Å²) in [4.78, 5) is 11.8. The topological polar surface area (TPSA) is 17.1 Å². The number of carbonyl (C=O) groups excluding carboxylic acids is 1. The van der Waals surface area contributed by atoms with Crippen molar-refractivity contribution >= 4 is 5.78 Å². The van der Waals surface area contributed by atoms with E-state index in [1.54, 1.807) is 6.92 Å². The molecule has 0 bridgehead atoms. The predicted octanol–water partition coefficient (Wildman–Crippen LogP) is 4.71. The molecule has 2 atom stereocenters. The summed E-state index contributed by atoms with van der Waals surface area (Å²) in [5.41, 5.74) is 3.80. The Morgan fingerprint density at radius 3 is 2.16 bits per heavy atom. The van der Waals surface area contributed by atoms with Gasteiger partial charge in [-0.25, -0.2) is 0 Å². The molecule has 1 heteroatoms. The highest BCUT2D eigenvalue weighted by Crippen LogP contribution is 2.55. The van der Waals surface area contributed by atoms with E-state index in [4.69, 9.17) is 0 Å². The molecule has 0 saturated carbocycles. The summed E-state index contributed by atoms with van der Waals surface area (Å²) < 4.78 is 0. The number of ketones is 1. The van der Waals surface area contributed by atoms with Gasteiger partial charge in [0.2, 0.25) is 0 Å². The summed E-state index contributed by atoms with van der Waals surface area (Å²) in [5.74, 6) is 1.08. The fourth-order valence-electron chi connectivity index (χ4n) is 3.71. The van der Waals surface area contributed by atoms with Crippen LogP contribution in [-0.4, -0.2) is 5.78 Å². The summed E-state index contributed by atoms with van der Waals surface area (Å²) >= 11 is 0. The second-order valence-corrected chi connectivity index (χ2v) is 7.41. The van der Waals surface area contributed by atoms with Crippen molar-refractivity contribution in [2.24, 2.45) is 22.7 Å². The third-order valence-electron chi connectivity index (χ3n) is 5.26. The van der Waals surface area contributed by atoms with E-state index in [2.05, 4.69) is 59.8 Å². The van der Waals surface area contributed by atoms with Gasteiger partial charge in [0.1, 0.15) is 0 Å². The number of hydrogen-bond donors (Lipinski definition) is 0. The number of fused-ring (bicyclic) bond motifs is 1. The van der Waals surface area contributed by atoms with E-state index < -0.39 is 0 Å². The normalized spacial score (nSPS) is 31.8. The summed E-state index contributed by atoms with van der Waals surface area (Å²) in [6.45, 7) is 15.2. The van der Waals surface area contributed by atoms with E-state index in [0.717, 1.165) is 11.1 Å². The zero-order chi connectivity index (χ0) is 14.6. The molecule has 104 valence electrons. The van der Waals surface area contributed by atoms with Gasteiger partial charge in [-0.3, -0.25) is 4.79 Å². The SMILES string of the molecule is CC(=O)C1=CC2C(C=C1C)C(C)(C)C(C)=CC2(C)C. The first-order valence-electron chi connectivity index (χ1n) is 7.19. The number of Topliss-reactive ketones (excluding diaryl/α,β-unsaturated/α-hetero) is 1. The van der Waals surface area contributed by atoms with Crippen LogP contribution in [0.3, 0.4) is 0 Å². The lowest BCUT2D eigenvalue weighted by Crippen LogP contribution is -2.43. The molecule has 0 aromatic carbocycles. The van der Waals surface area contributed by atoms with Gasteiger partial charge in [-0.1, -0.05) is 51.5 Å². The maximum atomic E-state index is 11.8. The molecular weight excluding hydrogens is 232 g/mol. The summed E-state index contributed by atoms with van der Waals surface area (Å²) in [7, 11) is 0. The quantitative estimate of drug-likeness (QED) is 0.623. The van der Waals surface area contributed by atoms with Crippen molar-refractivity contribution in [3.05, 3.63) is 34.9 Å². The highest BCUT2D eigenvalue weighted by atomic mass is 16.1. The molecule has 0 amide bonds. The highest BCUT2D eigenvalue weighted by Gasteiger charge is 2.46. The molecule has 0 radical (unpaired) electrons. The molecule has 19 heavy (non-hydrogen) atoms. The van der Waals surface area contributed by atoms with E-state index in [1.807, 2.05) is 0 Å². The van der Waals surface area contributed by atoms with Gasteiger partial charge < -0.3 is 0 Å². The number of allylic oxidation sites excluding steroid dienone is 6. The Morgan fingerprint density at radius 1 is 1.05 bits per heavy atom. The largest absolute Gasteiger partial charge is 0.295 e. The Balaban J connectivity index is 2.60. The monoisotopic (exact) mass is 258 g/mol. The smallest absolute Gasteiger partial charge is 0.159 e. The molecular formula is C18H26O. The Hall–Kier alpha value is -1.11. The van der Waals surface area contributed by atoms with Gasteiger partial charge >= 0.3 is 0 Å². The van der Waals surface area contributed by atoms with Crippen LogP contribution in [0.15, 0.2) is 34.9 Å². The highest BCUT2D eigenvalue weighted by molar-refractivity contribution is 5.97. The molecule has 0 heterocycles. The van der Waals surface area contributed by atoms with Crippen molar-refractivity contribution in [2.75, 3.05) is 0 Å². The third-order valence-corrected chi connectivity index (χ3v) is 5.26. The van der Waals surface area contributed by atoms with Gasteiger partial charge in [0.25, 0.3) is 0 Å². The molecule has 2 aliphatic carbocycles. The second-order valence-electron chi connectivity index (χ2n) is 7.41. The number of carbonyl (C=O) groups is 1. The van der Waals surface area contributed by atoms with Crippen LogP contribution in [0.4, 0.5) is 0 Å². The van der Waals surface area contributed by atoms with Gasteiger partial charge in [0.05, 0.1) is 0 Å². The average Bonchev–Trinajstić information content (AvgIpc) is 2.25. The van der Waals surface area contributed by atoms with E-state index in [-0.39, 0.29) is 16.6 Å². The average molecular weight is 258 g/mol. The minimum Gasteiger partial charge on any atom is -0.295 e. The Kier molecular flexibility index (Phi) is 3.16. The lowest BCUT2D eigenvalue weighted by atomic mass is 9.53. The lowest BCUT2D eigenvalue weighted by molar-refractivity contribution is -0.113. The van der Waals surface area contributed by atoms with Gasteiger partial charge in [0, 0.05) is 5.57 Å². The van der Waals surface area contributed by atoms with Crippen molar-refractivity contribution in [2.45, 2.75) is 48.5 Å². The third kappa shape index (κ3) is 2.13. The van der Waals surface area contributed by atoms with Gasteiger partial charge in [-0.2, -0.15) is 0 Å². The summed E-state index contributed by atoms with van der Waals surface area (Å²) in [6, 6.07) is 0. The summed E-state index contributed by atoms with van der Waals surface area (Å²) in [6.07, 6.45) is 6.96. The minimum absolute atomic E-state index is 0.113. The van der Waals surface area contributed by atoms with Crippen LogP contribution < -0.4 is 0 Å². The Morgan fingerprint density at radius 2 is 1.63 bits per heavy atom. The zero-order valence-corrected chi connectivity index (χ0v) is 13.3. The second kappa shape index (κ2) is 4.19. The maximum absolute atomic E-state index is 11.8. The van der Waals surface area contributed by atoms with Crippen LogP contribution in [0.2, 0.25) is 0 Å². The Bertz CT molecular complexity index is 512. The van der Waals surface area contributed by atoms with E-state index in [9.17, 15) is 4.79 Å². The molecule has 2 rings (SSSR count). The van der Waals surface area contributed by atoms with Crippen molar-refractivity contribution in [3.8, 4) is 0 Å². The first kappa shape index (κ1) is 14.3. The first-order valence-corrected chi connectivity index (χ1v) is 7.19. The van der Waals surface area contributed by atoms with Crippen LogP contribution in [0, 0.1) is 22.7 Å². The molecule has 2 unspecified atom stereocenters. The molecule has 2 aliphatic rings. The lowest BCUT2D eigenvalue weighted by Gasteiger charge is -2.50. The fourth-order valence-corrected chi connectivity index (χ4v) is 3.71. The zero-order valence-electron chi connectivity index (χ0n) is 13.3. The molecule has 0 spiro atoms. The van der Waals surface area contributed by atoms with Crippen LogP contribution in [0.25, 0.3) is 0 Å². The van der Waals surface area contributed by atoms with Crippen LogP contribution in [-0.2, 0) is 4.79 Å². The Labute approximate surface area is 117 Å². The van der Waals surface area contributed by atoms with E-state index in [0.29, 0.717) is 11.8 Å². The maximum Gasteiger partial charge on any atom is 0.159 e. The molecule has 0 fully saturated rings. The van der Waals surface area contributed by atoms with Crippen LogP contribution in [0.1, 0.15) is 48.5 Å². The molecule has 0 saturated heterocycles. The minimum atomic E-state index is 0.113. The van der Waals surface area contributed by atoms with Crippen molar-refractivity contribution in [1.82, 2.24) is 0 Å². The van der Waals surface area contributed by atoms with Gasteiger partial charge in [-0.05, 0) is 49.0 Å². The predicted molar refractivity (Wildman–Crippen MR) is 80.8 cm³/mol. The summed E-state index contributed by atoms with van der Waals surface area (Å²) in [5, 5.41) is 0. The van der Waals surface area contributed by atoms with Crippen LogP contribution >= 0.6 is 0 Å². The van der Waals surface area contributed by atoms with Crippen molar-refractivity contribution in [3.63, 3.8) is 0 Å². The number of hydrogen-bond acceptors (Lipinski definition) is 1. The van der Waals surface area contributed by atoms with Gasteiger partial charge in [0.15, 0.2) is 5.78 Å². The van der Waals surface area contributed by atoms with Crippen molar-refractivity contribution < 1.29 is 4.79 Å². The van der Waals surface area contributed by atoms with E-state index >= 15 is 0 Å². The molecule has 1 nitrogen and oxygen atoms in total. The van der Waals surface area contributed by atoms with Crippen LogP contribution in [0.5, 0.6) is 0 Å². The molecule has 0 aromatic heterocycles. The van der Waals surface area contributed by atoms with Gasteiger partial charge in [-0.15, -0.1) is 0 Å². The van der Waals surface area contributed by atoms with Crippen molar-refractivity contribution in [1.29, 1.82) is 0 Å². The fraction of sp³-hybridized carbons (Fsp3) is 0.611. The first-order chi connectivity index (χ1) is 8.57. The molecule has 0 aromatic rings.